The van der Waals surface area contributed by atoms with Crippen molar-refractivity contribution in [3.63, 3.8) is 0 Å². The third kappa shape index (κ3) is 2.66. The van der Waals surface area contributed by atoms with Crippen LogP contribution in [0.4, 0.5) is 0 Å². The van der Waals surface area contributed by atoms with E-state index in [2.05, 4.69) is 19.7 Å². The zero-order chi connectivity index (χ0) is 13.9. The maximum absolute atomic E-state index is 10.3. The lowest BCUT2D eigenvalue weighted by Gasteiger charge is -2.28. The SMILES string of the molecule is COc1ccc(C(O)CN2CCn3cnnc3C2)cc1. The molecule has 2 aromatic rings. The molecule has 1 aromatic carbocycles. The summed E-state index contributed by atoms with van der Waals surface area (Å²) >= 11 is 0. The molecule has 0 amide bonds. The van der Waals surface area contributed by atoms with Crippen molar-refractivity contribution in [2.45, 2.75) is 19.2 Å². The monoisotopic (exact) mass is 274 g/mol. The van der Waals surface area contributed by atoms with Crippen molar-refractivity contribution >= 4 is 0 Å². The van der Waals surface area contributed by atoms with Crippen molar-refractivity contribution in [1.29, 1.82) is 0 Å². The highest BCUT2D eigenvalue weighted by molar-refractivity contribution is 5.28. The fraction of sp³-hybridized carbons (Fsp3) is 0.429. The molecule has 1 aromatic heterocycles. The Hall–Kier alpha value is -1.92. The molecule has 0 saturated heterocycles. The van der Waals surface area contributed by atoms with Crippen LogP contribution in [0.1, 0.15) is 17.5 Å². The van der Waals surface area contributed by atoms with Gasteiger partial charge in [-0.15, -0.1) is 10.2 Å². The fourth-order valence-corrected chi connectivity index (χ4v) is 2.45. The maximum atomic E-state index is 10.3. The Morgan fingerprint density at radius 1 is 1.30 bits per heavy atom. The molecule has 0 saturated carbocycles. The molecule has 1 aliphatic heterocycles. The Morgan fingerprint density at radius 3 is 2.85 bits per heavy atom. The first-order chi connectivity index (χ1) is 9.76. The molecule has 20 heavy (non-hydrogen) atoms. The molecule has 0 radical (unpaired) electrons. The second-order valence-corrected chi connectivity index (χ2v) is 4.96. The van der Waals surface area contributed by atoms with Crippen LogP contribution in [0.25, 0.3) is 0 Å². The van der Waals surface area contributed by atoms with Gasteiger partial charge in [0.05, 0.1) is 19.8 Å². The highest BCUT2D eigenvalue weighted by atomic mass is 16.5. The van der Waals surface area contributed by atoms with E-state index in [0.29, 0.717) is 6.54 Å². The number of aliphatic hydroxyl groups is 1. The van der Waals surface area contributed by atoms with E-state index in [1.807, 2.05) is 24.3 Å². The Labute approximate surface area is 117 Å². The van der Waals surface area contributed by atoms with Gasteiger partial charge in [0, 0.05) is 19.6 Å². The van der Waals surface area contributed by atoms with E-state index in [1.54, 1.807) is 13.4 Å². The topological polar surface area (TPSA) is 63.4 Å². The van der Waals surface area contributed by atoms with Crippen molar-refractivity contribution in [2.24, 2.45) is 0 Å². The third-order valence-corrected chi connectivity index (χ3v) is 3.65. The van der Waals surface area contributed by atoms with Gasteiger partial charge in [-0.3, -0.25) is 4.90 Å². The summed E-state index contributed by atoms with van der Waals surface area (Å²) in [5.41, 5.74) is 0.901. The number of aromatic nitrogens is 3. The molecule has 0 aliphatic carbocycles. The van der Waals surface area contributed by atoms with Crippen molar-refractivity contribution in [1.82, 2.24) is 19.7 Å². The summed E-state index contributed by atoms with van der Waals surface area (Å²) in [6.45, 7) is 3.10. The molecule has 3 rings (SSSR count). The summed E-state index contributed by atoms with van der Waals surface area (Å²) < 4.78 is 7.17. The summed E-state index contributed by atoms with van der Waals surface area (Å²) in [6, 6.07) is 7.53. The average Bonchev–Trinajstić information content (AvgIpc) is 2.95. The van der Waals surface area contributed by atoms with E-state index < -0.39 is 6.10 Å². The average molecular weight is 274 g/mol. The van der Waals surface area contributed by atoms with Crippen LogP contribution in [0.15, 0.2) is 30.6 Å². The predicted molar refractivity (Wildman–Crippen MR) is 73.3 cm³/mol. The Morgan fingerprint density at radius 2 is 2.10 bits per heavy atom. The first-order valence-electron chi connectivity index (χ1n) is 6.67. The number of benzene rings is 1. The highest BCUT2D eigenvalue weighted by Crippen LogP contribution is 2.20. The summed E-state index contributed by atoms with van der Waals surface area (Å²) in [4.78, 5) is 2.19. The van der Waals surface area contributed by atoms with Crippen LogP contribution in [0.3, 0.4) is 0 Å². The van der Waals surface area contributed by atoms with Crippen LogP contribution in [-0.4, -0.2) is 45.0 Å². The minimum absolute atomic E-state index is 0.504. The van der Waals surface area contributed by atoms with Crippen molar-refractivity contribution < 1.29 is 9.84 Å². The van der Waals surface area contributed by atoms with Crippen LogP contribution in [0.5, 0.6) is 5.75 Å². The lowest BCUT2D eigenvalue weighted by Crippen LogP contribution is -2.36. The van der Waals surface area contributed by atoms with E-state index in [-0.39, 0.29) is 0 Å². The molecule has 106 valence electrons. The number of methoxy groups -OCH3 is 1. The number of ether oxygens (including phenoxy) is 1. The fourth-order valence-electron chi connectivity index (χ4n) is 2.45. The normalized spacial score (nSPS) is 16.7. The van der Waals surface area contributed by atoms with E-state index in [9.17, 15) is 5.11 Å². The molecule has 6 nitrogen and oxygen atoms in total. The molecule has 1 N–H and O–H groups in total. The van der Waals surface area contributed by atoms with Gasteiger partial charge in [0.15, 0.2) is 0 Å². The molecular formula is C14H18N4O2. The molecule has 1 atom stereocenters. The molecule has 6 heteroatoms. The third-order valence-electron chi connectivity index (χ3n) is 3.65. The standard InChI is InChI=1S/C14H18N4O2/c1-20-12-4-2-11(3-5-12)13(19)8-17-6-7-18-10-15-16-14(18)9-17/h2-5,10,13,19H,6-9H2,1H3. The Kier molecular flexibility index (Phi) is 3.66. The van der Waals surface area contributed by atoms with Crippen molar-refractivity contribution in [3.8, 4) is 5.75 Å². The van der Waals surface area contributed by atoms with Crippen LogP contribution >= 0.6 is 0 Å². The van der Waals surface area contributed by atoms with Crippen LogP contribution in [-0.2, 0) is 13.1 Å². The summed E-state index contributed by atoms with van der Waals surface area (Å²) in [7, 11) is 1.63. The molecule has 1 aliphatic rings. The smallest absolute Gasteiger partial charge is 0.147 e. The van der Waals surface area contributed by atoms with Gasteiger partial charge in [0.25, 0.3) is 0 Å². The second-order valence-electron chi connectivity index (χ2n) is 4.96. The Balaban J connectivity index is 1.63. The van der Waals surface area contributed by atoms with Crippen LogP contribution in [0.2, 0.25) is 0 Å². The summed E-state index contributed by atoms with van der Waals surface area (Å²) in [5, 5.41) is 18.3. The van der Waals surface area contributed by atoms with Gasteiger partial charge in [0.2, 0.25) is 0 Å². The molecule has 2 heterocycles. The maximum Gasteiger partial charge on any atom is 0.147 e. The number of hydrogen-bond donors (Lipinski definition) is 1. The first-order valence-corrected chi connectivity index (χ1v) is 6.67. The van der Waals surface area contributed by atoms with Gasteiger partial charge < -0.3 is 14.4 Å². The molecule has 0 spiro atoms. The number of nitrogens with zero attached hydrogens (tertiary/aromatic N) is 4. The predicted octanol–water partition coefficient (Wildman–Crippen LogP) is 0.836. The van der Waals surface area contributed by atoms with E-state index in [1.165, 1.54) is 0 Å². The number of aliphatic hydroxyl groups excluding tert-OH is 1. The van der Waals surface area contributed by atoms with E-state index in [4.69, 9.17) is 4.74 Å². The van der Waals surface area contributed by atoms with E-state index in [0.717, 1.165) is 36.8 Å². The van der Waals surface area contributed by atoms with Gasteiger partial charge in [-0.1, -0.05) is 12.1 Å². The molecule has 0 bridgehead atoms. The molecular weight excluding hydrogens is 256 g/mol. The number of rotatable bonds is 4. The second kappa shape index (κ2) is 5.60. The van der Waals surface area contributed by atoms with Crippen molar-refractivity contribution in [3.05, 3.63) is 42.0 Å². The lowest BCUT2D eigenvalue weighted by atomic mass is 10.1. The Bertz CT molecular complexity index is 567. The van der Waals surface area contributed by atoms with Gasteiger partial charge in [-0.25, -0.2) is 0 Å². The zero-order valence-corrected chi connectivity index (χ0v) is 11.4. The van der Waals surface area contributed by atoms with Gasteiger partial charge in [-0.05, 0) is 17.7 Å². The van der Waals surface area contributed by atoms with E-state index >= 15 is 0 Å². The van der Waals surface area contributed by atoms with Crippen LogP contribution in [0, 0.1) is 0 Å². The number of fused-ring (bicyclic) bond motifs is 1. The largest absolute Gasteiger partial charge is 0.497 e. The zero-order valence-electron chi connectivity index (χ0n) is 11.4. The lowest BCUT2D eigenvalue weighted by molar-refractivity contribution is 0.0962. The van der Waals surface area contributed by atoms with Crippen LogP contribution < -0.4 is 4.74 Å². The summed E-state index contributed by atoms with van der Waals surface area (Å²) in [5.74, 6) is 1.75. The quantitative estimate of drug-likeness (QED) is 0.895. The first kappa shape index (κ1) is 13.1. The number of β-amino-alcohol motifs (C(OH)–C–C–N with tert-alkyl or cyclic N) is 1. The summed E-state index contributed by atoms with van der Waals surface area (Å²) in [6.07, 6.45) is 1.25. The highest BCUT2D eigenvalue weighted by Gasteiger charge is 2.20. The minimum atomic E-state index is -0.504. The molecule has 1 unspecified atom stereocenters. The van der Waals surface area contributed by atoms with Crippen molar-refractivity contribution in [2.75, 3.05) is 20.2 Å². The van der Waals surface area contributed by atoms with Gasteiger partial charge >= 0.3 is 0 Å². The number of hydrogen-bond acceptors (Lipinski definition) is 5. The molecule has 0 fully saturated rings. The minimum Gasteiger partial charge on any atom is -0.497 e. The van der Waals surface area contributed by atoms with Gasteiger partial charge in [0.1, 0.15) is 17.9 Å². The van der Waals surface area contributed by atoms with Gasteiger partial charge in [-0.2, -0.15) is 0 Å².